The molecule has 0 radical (unpaired) electrons. The van der Waals surface area contributed by atoms with Crippen molar-refractivity contribution in [1.82, 2.24) is 0 Å². The minimum Gasteiger partial charge on any atom is -0.461 e. The molecule has 3 saturated heterocycles. The predicted molar refractivity (Wildman–Crippen MR) is 83.7 cm³/mol. The Morgan fingerprint density at radius 1 is 1.39 bits per heavy atom. The first-order chi connectivity index (χ1) is 12.3. The standard InChI is InChI=1S/C18H24NO4/c1-19(2)14-8-12(9-15(19)17-16(14)23-17)22-18(21)13(10-20)11-6-4-3-5-7-11/h3-7,12-17,20H,8-10H2,1-2H3/q+1/t12?,13-,14-,15+,16-,17+/m1/s1/i1D3/t12?,13-,14-,15+,16-,17+,19?. The average Bonchev–Trinajstić information content (AvgIpc) is 3.34. The van der Waals surface area contributed by atoms with Gasteiger partial charge < -0.3 is 19.1 Å². The molecular weight excluding hydrogens is 294 g/mol. The van der Waals surface area contributed by atoms with E-state index in [9.17, 15) is 9.90 Å². The second kappa shape index (κ2) is 5.30. The van der Waals surface area contributed by atoms with Gasteiger partial charge in [-0.15, -0.1) is 0 Å². The van der Waals surface area contributed by atoms with E-state index in [0.29, 0.717) is 18.4 Å². The number of carbonyl (C=O) groups excluding carboxylic acids is 1. The number of rotatable bonds is 4. The molecule has 124 valence electrons. The van der Waals surface area contributed by atoms with Crippen LogP contribution in [0.3, 0.4) is 0 Å². The summed E-state index contributed by atoms with van der Waals surface area (Å²) in [6.45, 7) is -2.43. The van der Waals surface area contributed by atoms with Gasteiger partial charge in [-0.3, -0.25) is 4.79 Å². The fraction of sp³-hybridized carbons (Fsp3) is 0.611. The molecule has 1 aromatic carbocycles. The van der Waals surface area contributed by atoms with Crippen molar-refractivity contribution in [2.75, 3.05) is 20.6 Å². The number of epoxide rings is 1. The quantitative estimate of drug-likeness (QED) is 0.512. The molecule has 5 heteroatoms. The lowest BCUT2D eigenvalue weighted by atomic mass is 9.95. The van der Waals surface area contributed by atoms with Crippen LogP contribution in [-0.4, -0.2) is 66.6 Å². The number of aliphatic hydroxyl groups excluding tert-OH is 1. The van der Waals surface area contributed by atoms with Gasteiger partial charge in [0.1, 0.15) is 36.3 Å². The SMILES string of the molecule is [2H]C([2H])([2H])[N+]1(C)[C@@H]2CC(OC(=O)[C@H](CO)c3ccccc3)C[C@H]1[C@@H]1O[C@@H]12. The van der Waals surface area contributed by atoms with Crippen LogP contribution in [0.5, 0.6) is 0 Å². The summed E-state index contributed by atoms with van der Waals surface area (Å²) >= 11 is 0. The van der Waals surface area contributed by atoms with Gasteiger partial charge in [-0.05, 0) is 5.56 Å². The van der Waals surface area contributed by atoms with Crippen molar-refractivity contribution in [3.8, 4) is 0 Å². The summed E-state index contributed by atoms with van der Waals surface area (Å²) in [6.07, 6.45) is 0.533. The molecule has 1 N–H and O–H groups in total. The van der Waals surface area contributed by atoms with Crippen LogP contribution < -0.4 is 0 Å². The third kappa shape index (κ3) is 2.38. The number of nitrogens with zero attached hydrogens (tertiary/aromatic N) is 1. The zero-order valence-electron chi connectivity index (χ0n) is 16.1. The van der Waals surface area contributed by atoms with Crippen molar-refractivity contribution in [3.63, 3.8) is 0 Å². The van der Waals surface area contributed by atoms with E-state index in [-0.39, 0.29) is 41.5 Å². The van der Waals surface area contributed by atoms with Crippen LogP contribution >= 0.6 is 0 Å². The van der Waals surface area contributed by atoms with Crippen molar-refractivity contribution in [2.45, 2.75) is 49.2 Å². The van der Waals surface area contributed by atoms with Gasteiger partial charge >= 0.3 is 5.97 Å². The Labute approximate surface area is 140 Å². The van der Waals surface area contributed by atoms with E-state index >= 15 is 0 Å². The summed E-state index contributed by atoms with van der Waals surface area (Å²) in [5, 5.41) is 9.64. The fourth-order valence-electron chi connectivity index (χ4n) is 4.30. The number of ether oxygens (including phenoxy) is 2. The maximum Gasteiger partial charge on any atom is 0.316 e. The van der Waals surface area contributed by atoms with Gasteiger partial charge in [0, 0.05) is 12.8 Å². The van der Waals surface area contributed by atoms with Crippen molar-refractivity contribution in [3.05, 3.63) is 35.9 Å². The second-order valence-corrected chi connectivity index (χ2v) is 7.02. The number of esters is 1. The molecule has 7 atom stereocenters. The predicted octanol–water partition coefficient (Wildman–Crippen LogP) is 1.06. The maximum atomic E-state index is 12.6. The third-order valence-corrected chi connectivity index (χ3v) is 5.66. The van der Waals surface area contributed by atoms with Gasteiger partial charge in [-0.2, -0.15) is 0 Å². The molecule has 2 unspecified atom stereocenters. The summed E-state index contributed by atoms with van der Waals surface area (Å²) in [7, 11) is 1.77. The molecule has 0 spiro atoms. The summed E-state index contributed by atoms with van der Waals surface area (Å²) in [5.41, 5.74) is 0.716. The monoisotopic (exact) mass is 321 g/mol. The average molecular weight is 321 g/mol. The number of hydrogen-bond donors (Lipinski definition) is 1. The Balaban J connectivity index is 1.48. The Kier molecular flexibility index (Phi) is 2.76. The fourth-order valence-corrected chi connectivity index (χ4v) is 4.30. The van der Waals surface area contributed by atoms with Crippen LogP contribution in [0.2, 0.25) is 0 Å². The maximum absolute atomic E-state index is 12.6. The molecule has 5 nitrogen and oxygen atoms in total. The number of hydrogen-bond acceptors (Lipinski definition) is 4. The topological polar surface area (TPSA) is 59.1 Å². The van der Waals surface area contributed by atoms with Crippen molar-refractivity contribution in [2.24, 2.45) is 0 Å². The number of likely N-dealkylation sites (N-methyl/N-ethyl adjacent to an activating group) is 1. The second-order valence-electron chi connectivity index (χ2n) is 7.02. The molecular formula is C18H24NO4+. The van der Waals surface area contributed by atoms with Crippen molar-refractivity contribution in [1.29, 1.82) is 0 Å². The number of fused-ring (bicyclic) bond motifs is 5. The van der Waals surface area contributed by atoms with Gasteiger partial charge in [0.15, 0.2) is 0 Å². The van der Waals surface area contributed by atoms with Crippen molar-refractivity contribution < 1.29 is 28.0 Å². The number of aliphatic hydroxyl groups is 1. The third-order valence-electron chi connectivity index (χ3n) is 5.66. The highest BCUT2D eigenvalue weighted by Gasteiger charge is 2.70. The van der Waals surface area contributed by atoms with Crippen LogP contribution in [0.4, 0.5) is 0 Å². The van der Waals surface area contributed by atoms with Gasteiger partial charge in [0.25, 0.3) is 0 Å². The van der Waals surface area contributed by atoms with Crippen LogP contribution in [-0.2, 0) is 14.3 Å². The Morgan fingerprint density at radius 2 is 2.04 bits per heavy atom. The Morgan fingerprint density at radius 3 is 2.61 bits per heavy atom. The molecule has 23 heavy (non-hydrogen) atoms. The molecule has 0 amide bonds. The smallest absolute Gasteiger partial charge is 0.316 e. The van der Waals surface area contributed by atoms with Gasteiger partial charge in [0.05, 0.1) is 24.7 Å². The molecule has 3 aliphatic rings. The molecule has 1 aromatic rings. The largest absolute Gasteiger partial charge is 0.461 e. The Hall–Kier alpha value is -1.43. The van der Waals surface area contributed by atoms with E-state index < -0.39 is 18.9 Å². The Bertz CT molecular complexity index is 677. The van der Waals surface area contributed by atoms with Gasteiger partial charge in [-0.25, -0.2) is 0 Å². The zero-order valence-corrected chi connectivity index (χ0v) is 13.1. The first-order valence-corrected chi connectivity index (χ1v) is 8.15. The molecule has 3 heterocycles. The summed E-state index contributed by atoms with van der Waals surface area (Å²) in [4.78, 5) is 12.6. The van der Waals surface area contributed by atoms with Crippen LogP contribution in [0.15, 0.2) is 30.3 Å². The number of benzene rings is 1. The molecule has 0 aliphatic carbocycles. The minimum absolute atomic E-state index is 0.00149. The number of piperidine rings is 1. The van der Waals surface area contributed by atoms with E-state index in [1.54, 1.807) is 19.2 Å². The molecule has 4 rings (SSSR count). The number of quaternary nitrogens is 1. The van der Waals surface area contributed by atoms with Crippen LogP contribution in [0, 0.1) is 0 Å². The number of morpholine rings is 1. The van der Waals surface area contributed by atoms with E-state index in [0.717, 1.165) is 0 Å². The highest BCUT2D eigenvalue weighted by atomic mass is 16.6. The summed E-state index contributed by atoms with van der Waals surface area (Å²) in [6, 6.07) is 8.69. The zero-order chi connectivity index (χ0) is 18.7. The molecule has 0 saturated carbocycles. The molecule has 3 fully saturated rings. The molecule has 2 bridgehead atoms. The highest BCUT2D eigenvalue weighted by molar-refractivity contribution is 5.78. The lowest BCUT2D eigenvalue weighted by Crippen LogP contribution is -2.60. The van der Waals surface area contributed by atoms with Gasteiger partial charge in [-0.1, -0.05) is 30.3 Å². The first-order valence-electron chi connectivity index (χ1n) is 9.65. The molecule has 3 aliphatic heterocycles. The van der Waals surface area contributed by atoms with Crippen LogP contribution in [0.25, 0.3) is 0 Å². The number of carbonyl (C=O) groups is 1. The lowest BCUT2D eigenvalue weighted by Gasteiger charge is -2.45. The van der Waals surface area contributed by atoms with E-state index in [1.165, 1.54) is 0 Å². The molecule has 0 aromatic heterocycles. The summed E-state index contributed by atoms with van der Waals surface area (Å²) < 4.78 is 35.2. The van der Waals surface area contributed by atoms with E-state index in [4.69, 9.17) is 13.6 Å². The van der Waals surface area contributed by atoms with Gasteiger partial charge in [0.2, 0.25) is 0 Å². The van der Waals surface area contributed by atoms with E-state index in [1.807, 2.05) is 18.2 Å². The first kappa shape index (κ1) is 12.0. The summed E-state index contributed by atoms with van der Waals surface area (Å²) in [5.74, 6) is -1.17. The lowest BCUT2D eigenvalue weighted by molar-refractivity contribution is -0.938. The van der Waals surface area contributed by atoms with Crippen LogP contribution in [0.1, 0.15) is 28.4 Å². The normalized spacial score (nSPS) is 44.4. The highest BCUT2D eigenvalue weighted by Crippen LogP contribution is 2.51. The van der Waals surface area contributed by atoms with Crippen molar-refractivity contribution >= 4 is 5.97 Å². The van der Waals surface area contributed by atoms with E-state index in [2.05, 4.69) is 0 Å². The minimum atomic E-state index is -2.11.